The molecule has 7 nitrogen and oxygen atoms in total. The second-order valence-electron chi connectivity index (χ2n) is 5.57. The first-order valence-corrected chi connectivity index (χ1v) is 8.70. The van der Waals surface area contributed by atoms with Crippen molar-refractivity contribution in [1.29, 1.82) is 0 Å². The summed E-state index contributed by atoms with van der Waals surface area (Å²) in [7, 11) is 0. The van der Waals surface area contributed by atoms with Gasteiger partial charge in [0.25, 0.3) is 5.69 Å². The second-order valence-corrected chi connectivity index (χ2v) is 6.58. The maximum absolute atomic E-state index is 12.7. The van der Waals surface area contributed by atoms with E-state index in [-0.39, 0.29) is 34.0 Å². The van der Waals surface area contributed by atoms with E-state index in [1.54, 1.807) is 0 Å². The number of alkyl halides is 3. The fourth-order valence-electron chi connectivity index (χ4n) is 2.19. The van der Waals surface area contributed by atoms with Crippen molar-refractivity contribution in [3.05, 3.63) is 69.3 Å². The number of halogens is 3. The van der Waals surface area contributed by atoms with Crippen molar-refractivity contribution in [2.24, 2.45) is 5.73 Å². The van der Waals surface area contributed by atoms with E-state index < -0.39 is 28.5 Å². The van der Waals surface area contributed by atoms with Gasteiger partial charge in [0.05, 0.1) is 21.1 Å². The van der Waals surface area contributed by atoms with Crippen LogP contribution in [0.5, 0.6) is 0 Å². The molecule has 2 rings (SSSR count). The Morgan fingerprint density at radius 3 is 2.50 bits per heavy atom. The molecule has 0 aromatic heterocycles. The molecule has 2 amide bonds. The van der Waals surface area contributed by atoms with E-state index in [4.69, 9.17) is 5.73 Å². The van der Waals surface area contributed by atoms with E-state index in [2.05, 4.69) is 5.32 Å². The molecular formula is C17H14F3N3O4S. The van der Waals surface area contributed by atoms with E-state index in [0.717, 1.165) is 30.0 Å². The van der Waals surface area contributed by atoms with Crippen LogP contribution >= 0.6 is 11.8 Å². The summed E-state index contributed by atoms with van der Waals surface area (Å²) in [6, 6.07) is 8.17. The summed E-state index contributed by atoms with van der Waals surface area (Å²) in [4.78, 5) is 33.6. The Kier molecular flexibility index (Phi) is 6.62. The molecule has 0 aliphatic carbocycles. The van der Waals surface area contributed by atoms with Crippen LogP contribution in [0.15, 0.2) is 47.4 Å². The maximum Gasteiger partial charge on any atom is 0.416 e. The summed E-state index contributed by atoms with van der Waals surface area (Å²) in [6.45, 7) is -0.119. The number of thioether (sulfide) groups is 1. The third-order valence-electron chi connectivity index (χ3n) is 3.54. The van der Waals surface area contributed by atoms with Crippen molar-refractivity contribution in [3.8, 4) is 0 Å². The Morgan fingerprint density at radius 1 is 1.18 bits per heavy atom. The van der Waals surface area contributed by atoms with Crippen molar-refractivity contribution >= 4 is 29.3 Å². The lowest BCUT2D eigenvalue weighted by atomic mass is 10.1. The number of benzene rings is 2. The Morgan fingerprint density at radius 2 is 1.89 bits per heavy atom. The van der Waals surface area contributed by atoms with Gasteiger partial charge in [0.2, 0.25) is 11.8 Å². The third-order valence-corrected chi connectivity index (χ3v) is 4.61. The monoisotopic (exact) mass is 413 g/mol. The molecule has 0 aliphatic heterocycles. The average molecular weight is 413 g/mol. The van der Waals surface area contributed by atoms with Gasteiger partial charge in [-0.15, -0.1) is 11.8 Å². The zero-order valence-corrected chi connectivity index (χ0v) is 15.0. The van der Waals surface area contributed by atoms with Gasteiger partial charge in [0.15, 0.2) is 0 Å². The second kappa shape index (κ2) is 8.74. The van der Waals surface area contributed by atoms with Crippen molar-refractivity contribution in [2.75, 3.05) is 5.75 Å². The van der Waals surface area contributed by atoms with Gasteiger partial charge in [-0.2, -0.15) is 13.2 Å². The highest BCUT2D eigenvalue weighted by atomic mass is 32.2. The first kappa shape index (κ1) is 21.2. The van der Waals surface area contributed by atoms with Gasteiger partial charge < -0.3 is 11.1 Å². The number of rotatable bonds is 7. The highest BCUT2D eigenvalue weighted by Crippen LogP contribution is 2.30. The molecule has 0 saturated heterocycles. The molecule has 3 N–H and O–H groups in total. The maximum atomic E-state index is 12.7. The van der Waals surface area contributed by atoms with Crippen molar-refractivity contribution in [3.63, 3.8) is 0 Å². The Hall–Kier alpha value is -3.08. The van der Waals surface area contributed by atoms with E-state index in [1.807, 2.05) is 0 Å². The molecule has 0 unspecified atom stereocenters. The highest BCUT2D eigenvalue weighted by molar-refractivity contribution is 8.00. The number of amides is 2. The lowest BCUT2D eigenvalue weighted by molar-refractivity contribution is -0.387. The quantitative estimate of drug-likeness (QED) is 0.411. The zero-order valence-electron chi connectivity index (χ0n) is 14.2. The molecule has 0 spiro atoms. The topological polar surface area (TPSA) is 115 Å². The lowest BCUT2D eigenvalue weighted by Gasteiger charge is -2.10. The lowest BCUT2D eigenvalue weighted by Crippen LogP contribution is -2.24. The summed E-state index contributed by atoms with van der Waals surface area (Å²) in [6.07, 6.45) is -4.48. The van der Waals surface area contributed by atoms with Gasteiger partial charge in [-0.1, -0.05) is 12.1 Å². The number of primary amides is 1. The van der Waals surface area contributed by atoms with E-state index >= 15 is 0 Å². The average Bonchev–Trinajstić information content (AvgIpc) is 2.63. The Labute approximate surface area is 161 Å². The summed E-state index contributed by atoms with van der Waals surface area (Å²) >= 11 is 0.861. The number of hydrogen-bond donors (Lipinski definition) is 2. The number of nitro groups is 1. The summed E-state index contributed by atoms with van der Waals surface area (Å²) in [5.74, 6) is -1.54. The molecule has 0 bridgehead atoms. The van der Waals surface area contributed by atoms with Crippen LogP contribution in [0.1, 0.15) is 21.5 Å². The van der Waals surface area contributed by atoms with E-state index in [9.17, 15) is 32.9 Å². The number of nitro benzene ring substituents is 1. The van der Waals surface area contributed by atoms with E-state index in [0.29, 0.717) is 0 Å². The SMILES string of the molecule is NC(=O)c1ccc(SCC(=O)NCc2cccc(C(F)(F)F)c2)c([N+](=O)[O-])c1. The van der Waals surface area contributed by atoms with Crippen LogP contribution in [0.4, 0.5) is 18.9 Å². The first-order valence-electron chi connectivity index (χ1n) is 7.72. The standard InChI is InChI=1S/C17H14F3N3O4S/c18-17(19,20)12-3-1-2-10(6-12)8-22-15(24)9-28-14-5-4-11(16(21)25)7-13(14)23(26)27/h1-7H,8-9H2,(H2,21,25)(H,22,24). The number of nitrogens with zero attached hydrogens (tertiary/aromatic N) is 1. The highest BCUT2D eigenvalue weighted by Gasteiger charge is 2.30. The molecule has 2 aromatic carbocycles. The zero-order chi connectivity index (χ0) is 20.9. The number of carbonyl (C=O) groups is 2. The van der Waals surface area contributed by atoms with Crippen molar-refractivity contribution in [1.82, 2.24) is 5.32 Å². The smallest absolute Gasteiger partial charge is 0.366 e. The molecule has 2 aromatic rings. The van der Waals surface area contributed by atoms with Gasteiger partial charge in [0, 0.05) is 18.2 Å². The van der Waals surface area contributed by atoms with Gasteiger partial charge in [-0.25, -0.2) is 0 Å². The molecule has 0 aliphatic rings. The third kappa shape index (κ3) is 5.71. The molecule has 0 atom stereocenters. The minimum absolute atomic E-state index is 0.0370. The van der Waals surface area contributed by atoms with Gasteiger partial charge in [0.1, 0.15) is 0 Å². The normalized spacial score (nSPS) is 11.1. The largest absolute Gasteiger partial charge is 0.416 e. The number of hydrogen-bond acceptors (Lipinski definition) is 5. The van der Waals surface area contributed by atoms with E-state index in [1.165, 1.54) is 24.3 Å². The van der Waals surface area contributed by atoms with Gasteiger partial charge in [-0.05, 0) is 29.8 Å². The van der Waals surface area contributed by atoms with Crippen LogP contribution in [-0.4, -0.2) is 22.5 Å². The molecular weight excluding hydrogens is 399 g/mol. The molecule has 28 heavy (non-hydrogen) atoms. The van der Waals surface area contributed by atoms with Crippen LogP contribution < -0.4 is 11.1 Å². The van der Waals surface area contributed by atoms with Gasteiger partial charge >= 0.3 is 6.18 Å². The van der Waals surface area contributed by atoms with Crippen molar-refractivity contribution < 1.29 is 27.7 Å². The molecule has 0 heterocycles. The van der Waals surface area contributed by atoms with Crippen LogP contribution in [0.25, 0.3) is 0 Å². The predicted molar refractivity (Wildman–Crippen MR) is 95.6 cm³/mol. The number of nitrogens with two attached hydrogens (primary N) is 1. The molecule has 148 valence electrons. The first-order chi connectivity index (χ1) is 13.1. The Balaban J connectivity index is 1.98. The van der Waals surface area contributed by atoms with Crippen LogP contribution in [0, 0.1) is 10.1 Å². The summed E-state index contributed by atoms with van der Waals surface area (Å²) < 4.78 is 38.0. The summed E-state index contributed by atoms with van der Waals surface area (Å²) in [5, 5.41) is 13.6. The van der Waals surface area contributed by atoms with Gasteiger partial charge in [-0.3, -0.25) is 19.7 Å². The molecule has 0 fully saturated rings. The minimum atomic E-state index is -4.48. The molecule has 0 radical (unpaired) electrons. The Bertz CT molecular complexity index is 919. The number of nitrogens with one attached hydrogen (secondary N) is 1. The fourth-order valence-corrected chi connectivity index (χ4v) is 3.02. The van der Waals surface area contributed by atoms with Crippen LogP contribution in [0.2, 0.25) is 0 Å². The van der Waals surface area contributed by atoms with Crippen LogP contribution in [-0.2, 0) is 17.5 Å². The summed E-state index contributed by atoms with van der Waals surface area (Å²) in [5.41, 5.74) is 4.13. The number of carbonyl (C=O) groups excluding carboxylic acids is 2. The minimum Gasteiger partial charge on any atom is -0.366 e. The molecule has 0 saturated carbocycles. The van der Waals surface area contributed by atoms with Crippen LogP contribution in [0.3, 0.4) is 0 Å². The predicted octanol–water partition coefficient (Wildman–Crippen LogP) is 3.12. The molecule has 11 heteroatoms. The van der Waals surface area contributed by atoms with Crippen molar-refractivity contribution in [2.45, 2.75) is 17.6 Å². The fraction of sp³-hybridized carbons (Fsp3) is 0.176.